The van der Waals surface area contributed by atoms with E-state index in [2.05, 4.69) is 16.8 Å². The van der Waals surface area contributed by atoms with Crippen molar-refractivity contribution in [1.82, 2.24) is 4.90 Å². The van der Waals surface area contributed by atoms with Gasteiger partial charge in [-0.25, -0.2) is 0 Å². The molecule has 2 N–H and O–H groups in total. The van der Waals surface area contributed by atoms with Crippen LogP contribution in [0.4, 0.5) is 0 Å². The zero-order valence-corrected chi connectivity index (χ0v) is 6.62. The first-order valence-electron chi connectivity index (χ1n) is 3.71. The number of rotatable bonds is 2. The Morgan fingerprint density at radius 3 is 3.00 bits per heavy atom. The molecule has 0 fully saturated rings. The molecule has 1 heterocycles. The summed E-state index contributed by atoms with van der Waals surface area (Å²) in [4.78, 5) is 6.38. The Morgan fingerprint density at radius 2 is 2.60 bits per heavy atom. The molecular weight excluding hydrogens is 126 g/mol. The van der Waals surface area contributed by atoms with Crippen LogP contribution < -0.4 is 5.73 Å². The first-order valence-corrected chi connectivity index (χ1v) is 3.71. The SMILES string of the molecule is C[C@@H]1CN(C[C@@H](C)N)C=N1. The van der Waals surface area contributed by atoms with Crippen molar-refractivity contribution < 1.29 is 0 Å². The van der Waals surface area contributed by atoms with E-state index < -0.39 is 0 Å². The van der Waals surface area contributed by atoms with Crippen molar-refractivity contribution in [2.75, 3.05) is 13.1 Å². The van der Waals surface area contributed by atoms with Gasteiger partial charge in [0.05, 0.1) is 12.4 Å². The van der Waals surface area contributed by atoms with Crippen LogP contribution in [0.25, 0.3) is 0 Å². The van der Waals surface area contributed by atoms with Gasteiger partial charge in [0.25, 0.3) is 0 Å². The summed E-state index contributed by atoms with van der Waals surface area (Å²) < 4.78 is 0. The third-order valence-electron chi connectivity index (χ3n) is 1.51. The third-order valence-corrected chi connectivity index (χ3v) is 1.51. The molecule has 0 aromatic rings. The van der Waals surface area contributed by atoms with Crippen LogP contribution in [0.15, 0.2) is 4.99 Å². The summed E-state index contributed by atoms with van der Waals surface area (Å²) in [5.74, 6) is 0. The molecule has 3 heteroatoms. The molecule has 0 radical (unpaired) electrons. The van der Waals surface area contributed by atoms with Gasteiger partial charge in [-0.3, -0.25) is 4.99 Å². The minimum absolute atomic E-state index is 0.247. The van der Waals surface area contributed by atoms with Crippen LogP contribution in [-0.2, 0) is 0 Å². The molecule has 0 saturated carbocycles. The van der Waals surface area contributed by atoms with Gasteiger partial charge in [0, 0.05) is 19.1 Å². The minimum Gasteiger partial charge on any atom is -0.359 e. The van der Waals surface area contributed by atoms with Crippen LogP contribution in [0, 0.1) is 0 Å². The Bertz CT molecular complexity index is 131. The lowest BCUT2D eigenvalue weighted by Crippen LogP contribution is -2.34. The van der Waals surface area contributed by atoms with E-state index in [4.69, 9.17) is 5.73 Å². The Balaban J connectivity index is 2.26. The molecule has 1 rings (SSSR count). The lowest BCUT2D eigenvalue weighted by atomic mass is 10.3. The van der Waals surface area contributed by atoms with Gasteiger partial charge in [0.2, 0.25) is 0 Å². The van der Waals surface area contributed by atoms with Gasteiger partial charge in [-0.1, -0.05) is 0 Å². The second-order valence-electron chi connectivity index (χ2n) is 3.04. The summed E-state index contributed by atoms with van der Waals surface area (Å²) in [6.07, 6.45) is 1.90. The molecule has 1 aliphatic rings. The zero-order chi connectivity index (χ0) is 7.56. The Morgan fingerprint density at radius 1 is 1.90 bits per heavy atom. The van der Waals surface area contributed by atoms with Crippen LogP contribution in [0.5, 0.6) is 0 Å². The zero-order valence-electron chi connectivity index (χ0n) is 6.62. The van der Waals surface area contributed by atoms with Gasteiger partial charge in [-0.15, -0.1) is 0 Å². The number of nitrogens with zero attached hydrogens (tertiary/aromatic N) is 2. The molecular formula is C7H15N3. The van der Waals surface area contributed by atoms with Crippen molar-refractivity contribution in [2.45, 2.75) is 25.9 Å². The largest absolute Gasteiger partial charge is 0.359 e. The minimum atomic E-state index is 0.247. The molecule has 3 nitrogen and oxygen atoms in total. The fourth-order valence-corrected chi connectivity index (χ4v) is 1.13. The maximum absolute atomic E-state index is 5.61. The molecule has 0 aromatic heterocycles. The van der Waals surface area contributed by atoms with Crippen LogP contribution in [0.1, 0.15) is 13.8 Å². The first kappa shape index (κ1) is 7.54. The number of hydrogen-bond acceptors (Lipinski definition) is 3. The van der Waals surface area contributed by atoms with Gasteiger partial charge >= 0.3 is 0 Å². The lowest BCUT2D eigenvalue weighted by molar-refractivity contribution is 0.412. The Labute approximate surface area is 61.9 Å². The second-order valence-corrected chi connectivity index (χ2v) is 3.04. The molecule has 0 unspecified atom stereocenters. The van der Waals surface area contributed by atoms with Crippen molar-refractivity contribution in [1.29, 1.82) is 0 Å². The van der Waals surface area contributed by atoms with E-state index in [-0.39, 0.29) is 6.04 Å². The number of nitrogens with two attached hydrogens (primary N) is 1. The van der Waals surface area contributed by atoms with Gasteiger partial charge in [0.1, 0.15) is 0 Å². The van der Waals surface area contributed by atoms with Gasteiger partial charge in [0.15, 0.2) is 0 Å². The molecule has 0 bridgehead atoms. The predicted molar refractivity (Wildman–Crippen MR) is 43.2 cm³/mol. The standard InChI is InChI=1S/C7H15N3/c1-6(8)3-10-4-7(2)9-5-10/h5-7H,3-4,8H2,1-2H3/t6-,7-/m1/s1. The van der Waals surface area contributed by atoms with Crippen molar-refractivity contribution in [3.63, 3.8) is 0 Å². The highest BCUT2D eigenvalue weighted by Crippen LogP contribution is 2.01. The van der Waals surface area contributed by atoms with Crippen LogP contribution in [0.2, 0.25) is 0 Å². The number of hydrogen-bond donors (Lipinski definition) is 1. The normalized spacial score (nSPS) is 27.5. The number of aliphatic imine (C=N–C) groups is 1. The second kappa shape index (κ2) is 3.01. The van der Waals surface area contributed by atoms with Gasteiger partial charge in [-0.05, 0) is 13.8 Å². The van der Waals surface area contributed by atoms with Crippen molar-refractivity contribution in [3.05, 3.63) is 0 Å². The van der Waals surface area contributed by atoms with Crippen molar-refractivity contribution in [2.24, 2.45) is 10.7 Å². The molecule has 0 amide bonds. The van der Waals surface area contributed by atoms with E-state index in [9.17, 15) is 0 Å². The molecule has 0 saturated heterocycles. The quantitative estimate of drug-likeness (QED) is 0.591. The average molecular weight is 141 g/mol. The fourth-order valence-electron chi connectivity index (χ4n) is 1.13. The van der Waals surface area contributed by atoms with Crippen LogP contribution in [0.3, 0.4) is 0 Å². The smallest absolute Gasteiger partial charge is 0.0855 e. The molecule has 2 atom stereocenters. The third kappa shape index (κ3) is 1.99. The summed E-state index contributed by atoms with van der Waals surface area (Å²) in [5.41, 5.74) is 5.61. The molecule has 0 aromatic carbocycles. The van der Waals surface area contributed by atoms with Crippen LogP contribution in [-0.4, -0.2) is 36.4 Å². The van der Waals surface area contributed by atoms with E-state index in [0.29, 0.717) is 6.04 Å². The van der Waals surface area contributed by atoms with E-state index in [0.717, 1.165) is 13.1 Å². The lowest BCUT2D eigenvalue weighted by Gasteiger charge is -2.16. The summed E-state index contributed by atoms with van der Waals surface area (Å²) in [7, 11) is 0. The van der Waals surface area contributed by atoms with Gasteiger partial charge < -0.3 is 10.6 Å². The molecule has 10 heavy (non-hydrogen) atoms. The van der Waals surface area contributed by atoms with Crippen LogP contribution >= 0.6 is 0 Å². The molecule has 0 spiro atoms. The Hall–Kier alpha value is -0.570. The van der Waals surface area contributed by atoms with E-state index in [1.165, 1.54) is 0 Å². The van der Waals surface area contributed by atoms with E-state index >= 15 is 0 Å². The topological polar surface area (TPSA) is 41.6 Å². The fraction of sp³-hybridized carbons (Fsp3) is 0.857. The predicted octanol–water partition coefficient (Wildman–Crippen LogP) is 0.0660. The molecule has 1 aliphatic heterocycles. The molecule has 58 valence electrons. The van der Waals surface area contributed by atoms with E-state index in [1.807, 2.05) is 13.3 Å². The highest BCUT2D eigenvalue weighted by molar-refractivity contribution is 5.57. The Kier molecular flexibility index (Phi) is 2.27. The summed E-state index contributed by atoms with van der Waals surface area (Å²) in [6.45, 7) is 6.07. The summed E-state index contributed by atoms with van der Waals surface area (Å²) >= 11 is 0. The van der Waals surface area contributed by atoms with E-state index in [1.54, 1.807) is 0 Å². The molecule has 0 aliphatic carbocycles. The monoisotopic (exact) mass is 141 g/mol. The van der Waals surface area contributed by atoms with Gasteiger partial charge in [-0.2, -0.15) is 0 Å². The van der Waals surface area contributed by atoms with Crippen molar-refractivity contribution in [3.8, 4) is 0 Å². The highest BCUT2D eigenvalue weighted by atomic mass is 15.2. The average Bonchev–Trinajstić information content (AvgIpc) is 2.13. The summed E-state index contributed by atoms with van der Waals surface area (Å²) in [5, 5.41) is 0. The maximum Gasteiger partial charge on any atom is 0.0855 e. The maximum atomic E-state index is 5.61. The first-order chi connectivity index (χ1) is 4.68. The summed E-state index contributed by atoms with van der Waals surface area (Å²) in [6, 6.07) is 0.704. The van der Waals surface area contributed by atoms with Crippen molar-refractivity contribution >= 4 is 6.34 Å². The highest BCUT2D eigenvalue weighted by Gasteiger charge is 2.12.